The summed E-state index contributed by atoms with van der Waals surface area (Å²) in [5, 5.41) is 4.85. The molecule has 0 fully saturated rings. The highest BCUT2D eigenvalue weighted by Crippen LogP contribution is 2.22. The van der Waals surface area contributed by atoms with Crippen LogP contribution in [0.15, 0.2) is 66.2 Å². The molecule has 1 aromatic carbocycles. The molecule has 124 valence electrons. The van der Waals surface area contributed by atoms with Gasteiger partial charge in [0.25, 0.3) is 5.91 Å². The van der Waals surface area contributed by atoms with Crippen LogP contribution >= 0.6 is 0 Å². The van der Waals surface area contributed by atoms with Crippen LogP contribution in [0.25, 0.3) is 17.0 Å². The number of hydrogen-bond donors (Lipinski definition) is 1. The maximum Gasteiger partial charge on any atom is 0.272 e. The van der Waals surface area contributed by atoms with Crippen molar-refractivity contribution in [2.45, 2.75) is 6.92 Å². The zero-order chi connectivity index (χ0) is 17.6. The van der Waals surface area contributed by atoms with Gasteiger partial charge in [-0.3, -0.25) is 19.1 Å². The Labute approximate surface area is 144 Å². The van der Waals surface area contributed by atoms with Crippen LogP contribution < -0.4 is 5.43 Å². The molecule has 1 N–H and O–H groups in total. The topological polar surface area (TPSA) is 76.3 Å². The molecular weight excluding hydrogens is 316 g/mol. The first-order valence-corrected chi connectivity index (χ1v) is 7.68. The number of benzene rings is 1. The number of allylic oxidation sites excluding steroid dienone is 1. The van der Waals surface area contributed by atoms with Crippen LogP contribution in [0.5, 0.6) is 0 Å². The maximum atomic E-state index is 11.8. The van der Waals surface area contributed by atoms with Gasteiger partial charge in [-0.2, -0.15) is 5.10 Å². The molecule has 2 aromatic heterocycles. The third-order valence-electron chi connectivity index (χ3n) is 3.61. The Kier molecular flexibility index (Phi) is 4.80. The molecule has 0 saturated carbocycles. The van der Waals surface area contributed by atoms with Gasteiger partial charge in [-0.05, 0) is 24.3 Å². The second-order valence-electron chi connectivity index (χ2n) is 5.31. The first kappa shape index (κ1) is 16.3. The van der Waals surface area contributed by atoms with Gasteiger partial charge in [0.2, 0.25) is 5.91 Å². The normalized spacial score (nSPS) is 11.4. The van der Waals surface area contributed by atoms with Crippen LogP contribution in [0.2, 0.25) is 0 Å². The fourth-order valence-corrected chi connectivity index (χ4v) is 2.45. The molecular formula is C19H16N4O2. The van der Waals surface area contributed by atoms with Crippen molar-refractivity contribution in [3.8, 4) is 0 Å². The molecule has 0 spiro atoms. The number of carbonyl (C=O) groups excluding carboxylic acids is 2. The number of nitrogens with zero attached hydrogens (tertiary/aromatic N) is 3. The number of fused-ring (bicyclic) bond motifs is 1. The Bertz CT molecular complexity index is 972. The highest BCUT2D eigenvalue weighted by Gasteiger charge is 2.08. The van der Waals surface area contributed by atoms with Crippen molar-refractivity contribution in [3.63, 3.8) is 0 Å². The molecule has 3 rings (SSSR count). The predicted molar refractivity (Wildman–Crippen MR) is 97.5 cm³/mol. The molecule has 0 unspecified atom stereocenters. The standard InChI is InChI=1S/C19H16N4O2/c1-14(24)23-13-16(17-8-2-3-9-18(17)23)7-5-11-21-22-19(25)15-6-4-10-20-12-15/h2-13H,1H3,(H,22,25)/b7-5+,21-11-. The number of para-hydroxylation sites is 1. The smallest absolute Gasteiger partial charge is 0.272 e. The monoisotopic (exact) mass is 332 g/mol. The first-order valence-electron chi connectivity index (χ1n) is 7.68. The van der Waals surface area contributed by atoms with Crippen LogP contribution in [0.4, 0.5) is 0 Å². The number of pyridine rings is 1. The minimum atomic E-state index is -0.328. The van der Waals surface area contributed by atoms with Gasteiger partial charge >= 0.3 is 0 Å². The highest BCUT2D eigenvalue weighted by atomic mass is 16.2. The first-order chi connectivity index (χ1) is 12.2. The highest BCUT2D eigenvalue weighted by molar-refractivity contribution is 5.98. The molecule has 25 heavy (non-hydrogen) atoms. The molecule has 0 atom stereocenters. The summed E-state index contributed by atoms with van der Waals surface area (Å²) >= 11 is 0. The van der Waals surface area contributed by atoms with E-state index in [2.05, 4.69) is 15.5 Å². The van der Waals surface area contributed by atoms with Gasteiger partial charge < -0.3 is 0 Å². The zero-order valence-corrected chi connectivity index (χ0v) is 13.6. The van der Waals surface area contributed by atoms with Crippen LogP contribution in [0.1, 0.15) is 27.6 Å². The van der Waals surface area contributed by atoms with E-state index in [1.165, 1.54) is 19.3 Å². The number of rotatable bonds is 4. The van der Waals surface area contributed by atoms with Crippen molar-refractivity contribution in [2.75, 3.05) is 0 Å². The van der Waals surface area contributed by atoms with Crippen molar-refractivity contribution in [3.05, 3.63) is 72.2 Å². The number of carbonyl (C=O) groups is 2. The fourth-order valence-electron chi connectivity index (χ4n) is 2.45. The third kappa shape index (κ3) is 3.69. The summed E-state index contributed by atoms with van der Waals surface area (Å²) in [7, 11) is 0. The summed E-state index contributed by atoms with van der Waals surface area (Å²) < 4.78 is 1.61. The minimum Gasteiger partial charge on any atom is -0.287 e. The number of amides is 1. The van der Waals surface area contributed by atoms with Gasteiger partial charge in [0.1, 0.15) is 0 Å². The summed E-state index contributed by atoms with van der Waals surface area (Å²) in [6.45, 7) is 1.52. The van der Waals surface area contributed by atoms with Crippen LogP contribution in [-0.4, -0.2) is 27.6 Å². The molecule has 6 heteroatoms. The van der Waals surface area contributed by atoms with E-state index in [-0.39, 0.29) is 11.8 Å². The lowest BCUT2D eigenvalue weighted by atomic mass is 10.1. The number of aromatic nitrogens is 2. The Hall–Kier alpha value is -3.54. The zero-order valence-electron chi connectivity index (χ0n) is 13.6. The van der Waals surface area contributed by atoms with Crippen molar-refractivity contribution in [2.24, 2.45) is 5.10 Å². The summed E-state index contributed by atoms with van der Waals surface area (Å²) in [6.07, 6.45) is 9.87. The Morgan fingerprint density at radius 3 is 2.80 bits per heavy atom. The molecule has 0 saturated heterocycles. The summed E-state index contributed by atoms with van der Waals surface area (Å²) in [6, 6.07) is 11.0. The van der Waals surface area contributed by atoms with Crippen molar-refractivity contribution in [1.29, 1.82) is 0 Å². The van der Waals surface area contributed by atoms with Gasteiger partial charge in [0, 0.05) is 42.7 Å². The second-order valence-corrected chi connectivity index (χ2v) is 5.31. The summed E-state index contributed by atoms with van der Waals surface area (Å²) in [5.74, 6) is -0.376. The van der Waals surface area contributed by atoms with E-state index in [1.54, 1.807) is 35.2 Å². The van der Waals surface area contributed by atoms with Crippen molar-refractivity contribution < 1.29 is 9.59 Å². The van der Waals surface area contributed by atoms with E-state index in [4.69, 9.17) is 0 Å². The second kappa shape index (κ2) is 7.35. The van der Waals surface area contributed by atoms with E-state index >= 15 is 0 Å². The SMILES string of the molecule is CC(=O)n1cc(/C=C/C=N\NC(=O)c2cccnc2)c2ccccc21. The van der Waals surface area contributed by atoms with Gasteiger partial charge in [0.15, 0.2) is 0 Å². The van der Waals surface area contributed by atoms with E-state index in [0.717, 1.165) is 16.5 Å². The Balaban J connectivity index is 1.71. The Morgan fingerprint density at radius 2 is 2.04 bits per heavy atom. The third-order valence-corrected chi connectivity index (χ3v) is 3.61. The lowest BCUT2D eigenvalue weighted by Crippen LogP contribution is -2.17. The molecule has 3 aromatic rings. The fraction of sp³-hybridized carbons (Fsp3) is 0.0526. The van der Waals surface area contributed by atoms with Gasteiger partial charge in [-0.1, -0.05) is 24.3 Å². The number of nitrogens with one attached hydrogen (secondary N) is 1. The molecule has 1 amide bonds. The summed E-state index contributed by atoms with van der Waals surface area (Å²) in [5.41, 5.74) is 4.62. The van der Waals surface area contributed by atoms with E-state index in [9.17, 15) is 9.59 Å². The maximum absolute atomic E-state index is 11.8. The average Bonchev–Trinajstić information content (AvgIpc) is 3.01. The van der Waals surface area contributed by atoms with Crippen LogP contribution in [0.3, 0.4) is 0 Å². The van der Waals surface area contributed by atoms with Crippen LogP contribution in [-0.2, 0) is 0 Å². The van der Waals surface area contributed by atoms with Crippen molar-refractivity contribution in [1.82, 2.24) is 15.0 Å². The average molecular weight is 332 g/mol. The van der Waals surface area contributed by atoms with Crippen LogP contribution in [0, 0.1) is 0 Å². The molecule has 0 aliphatic rings. The molecule has 0 radical (unpaired) electrons. The number of hydrazone groups is 1. The Morgan fingerprint density at radius 1 is 1.20 bits per heavy atom. The predicted octanol–water partition coefficient (Wildman–Crippen LogP) is 3.13. The number of hydrogen-bond acceptors (Lipinski definition) is 4. The van der Waals surface area contributed by atoms with Crippen molar-refractivity contribution >= 4 is 35.0 Å². The largest absolute Gasteiger partial charge is 0.287 e. The molecule has 0 bridgehead atoms. The van der Waals surface area contributed by atoms with Gasteiger partial charge in [0.05, 0.1) is 11.1 Å². The van der Waals surface area contributed by atoms with E-state index in [0.29, 0.717) is 5.56 Å². The molecule has 0 aliphatic heterocycles. The van der Waals surface area contributed by atoms with E-state index < -0.39 is 0 Å². The lowest BCUT2D eigenvalue weighted by Gasteiger charge is -1.97. The van der Waals surface area contributed by atoms with Gasteiger partial charge in [-0.15, -0.1) is 0 Å². The molecule has 0 aliphatic carbocycles. The van der Waals surface area contributed by atoms with Gasteiger partial charge in [-0.25, -0.2) is 5.43 Å². The molecule has 2 heterocycles. The lowest BCUT2D eigenvalue weighted by molar-refractivity contribution is 0.0937. The van der Waals surface area contributed by atoms with E-state index in [1.807, 2.05) is 30.3 Å². The molecule has 6 nitrogen and oxygen atoms in total. The minimum absolute atomic E-state index is 0.0479. The quantitative estimate of drug-likeness (QED) is 0.589. The summed E-state index contributed by atoms with van der Waals surface area (Å²) in [4.78, 5) is 27.4.